The van der Waals surface area contributed by atoms with Gasteiger partial charge in [-0.25, -0.2) is 0 Å². The number of morpholine rings is 1. The first-order valence-corrected chi connectivity index (χ1v) is 3.01. The summed E-state index contributed by atoms with van der Waals surface area (Å²) in [5.74, 6) is 0.0298. The van der Waals surface area contributed by atoms with Crippen LogP contribution in [0.4, 0.5) is 0 Å². The van der Waals surface area contributed by atoms with Crippen molar-refractivity contribution in [3.05, 3.63) is 6.10 Å². The average Bonchev–Trinajstić information content (AvgIpc) is 1.90. The Balaban J connectivity index is 2.31. The van der Waals surface area contributed by atoms with Crippen LogP contribution < -0.4 is 5.32 Å². The highest BCUT2D eigenvalue weighted by molar-refractivity contribution is 5.88. The minimum absolute atomic E-state index is 0.0298. The van der Waals surface area contributed by atoms with E-state index < -0.39 is 0 Å². The summed E-state index contributed by atoms with van der Waals surface area (Å²) in [4.78, 5) is 10.6. The van der Waals surface area contributed by atoms with Crippen molar-refractivity contribution in [3.8, 4) is 0 Å². The van der Waals surface area contributed by atoms with Crippen LogP contribution in [0.5, 0.6) is 0 Å². The smallest absolute Gasteiger partial charge is 0.175 e. The number of nitrogens with one attached hydrogen (secondary N) is 1. The molecule has 9 heavy (non-hydrogen) atoms. The van der Waals surface area contributed by atoms with Crippen molar-refractivity contribution in [1.29, 1.82) is 0 Å². The summed E-state index contributed by atoms with van der Waals surface area (Å²) in [7, 11) is 0. The molecule has 0 unspecified atom stereocenters. The largest absolute Gasteiger partial charge is 0.361 e. The summed E-state index contributed by atoms with van der Waals surface area (Å²) in [5.41, 5.74) is 0. The van der Waals surface area contributed by atoms with Crippen LogP contribution in [0.1, 0.15) is 6.92 Å². The van der Waals surface area contributed by atoms with E-state index in [1.165, 1.54) is 6.92 Å². The first kappa shape index (κ1) is 6.71. The number of rotatable bonds is 1. The van der Waals surface area contributed by atoms with Crippen molar-refractivity contribution >= 4 is 5.78 Å². The van der Waals surface area contributed by atoms with Crippen molar-refractivity contribution in [2.24, 2.45) is 0 Å². The van der Waals surface area contributed by atoms with Crippen molar-refractivity contribution < 1.29 is 9.53 Å². The Hall–Kier alpha value is -0.410. The summed E-state index contributed by atoms with van der Waals surface area (Å²) in [6.07, 6.45) is 0.557. The first-order valence-electron chi connectivity index (χ1n) is 3.01. The molecule has 0 aromatic carbocycles. The van der Waals surface area contributed by atoms with E-state index in [-0.39, 0.29) is 5.78 Å². The molecule has 0 aromatic heterocycles. The predicted octanol–water partition coefficient (Wildman–Crippen LogP) is -0.273. The molecule has 51 valence electrons. The van der Waals surface area contributed by atoms with Gasteiger partial charge < -0.3 is 10.1 Å². The van der Waals surface area contributed by atoms with Gasteiger partial charge in [0, 0.05) is 13.1 Å². The Morgan fingerprint density at radius 2 is 2.56 bits per heavy atom. The molecule has 0 atom stereocenters. The van der Waals surface area contributed by atoms with Crippen molar-refractivity contribution in [3.63, 3.8) is 0 Å². The second-order valence-electron chi connectivity index (χ2n) is 2.00. The van der Waals surface area contributed by atoms with Gasteiger partial charge in [0.15, 0.2) is 11.9 Å². The van der Waals surface area contributed by atoms with Crippen LogP contribution >= 0.6 is 0 Å². The molecule has 0 aliphatic carbocycles. The molecule has 0 amide bonds. The molecule has 3 nitrogen and oxygen atoms in total. The Morgan fingerprint density at radius 3 is 2.89 bits per heavy atom. The van der Waals surface area contributed by atoms with Crippen LogP contribution in [0.3, 0.4) is 0 Å². The van der Waals surface area contributed by atoms with Gasteiger partial charge in [-0.2, -0.15) is 0 Å². The standard InChI is InChI=1S/C6H10NO2/c1-5(8)6-4-7-2-3-9-6/h7H,2-4H2,1H3. The number of Topliss-reactive ketones (excluding diaryl/α,β-unsaturated/α-hetero) is 1. The van der Waals surface area contributed by atoms with Crippen molar-refractivity contribution in [1.82, 2.24) is 5.32 Å². The minimum Gasteiger partial charge on any atom is -0.361 e. The molecule has 0 saturated carbocycles. The van der Waals surface area contributed by atoms with Crippen LogP contribution in [0.15, 0.2) is 0 Å². The van der Waals surface area contributed by atoms with Gasteiger partial charge in [-0.15, -0.1) is 0 Å². The Bertz CT molecular complexity index is 108. The van der Waals surface area contributed by atoms with Gasteiger partial charge in [0.25, 0.3) is 0 Å². The molecule has 3 heteroatoms. The first-order chi connectivity index (χ1) is 4.30. The monoisotopic (exact) mass is 128 g/mol. The zero-order valence-electron chi connectivity index (χ0n) is 5.44. The van der Waals surface area contributed by atoms with Crippen LogP contribution in [0.25, 0.3) is 0 Å². The summed E-state index contributed by atoms with van der Waals surface area (Å²) in [5, 5.41) is 3.03. The number of ketones is 1. The van der Waals surface area contributed by atoms with E-state index in [1.54, 1.807) is 0 Å². The molecule has 1 N–H and O–H groups in total. The zero-order chi connectivity index (χ0) is 6.69. The van der Waals surface area contributed by atoms with E-state index in [0.717, 1.165) is 6.54 Å². The maximum atomic E-state index is 10.6. The van der Waals surface area contributed by atoms with Gasteiger partial charge in [0.2, 0.25) is 0 Å². The normalized spacial score (nSPS) is 21.9. The lowest BCUT2D eigenvalue weighted by molar-refractivity contribution is -0.121. The van der Waals surface area contributed by atoms with E-state index >= 15 is 0 Å². The molecular formula is C6H10NO2. The van der Waals surface area contributed by atoms with Crippen molar-refractivity contribution in [2.45, 2.75) is 6.92 Å². The van der Waals surface area contributed by atoms with Gasteiger partial charge >= 0.3 is 0 Å². The molecule has 1 saturated heterocycles. The molecule has 1 aliphatic rings. The minimum atomic E-state index is 0.0298. The predicted molar refractivity (Wildman–Crippen MR) is 32.7 cm³/mol. The molecule has 0 bridgehead atoms. The van der Waals surface area contributed by atoms with Gasteiger partial charge in [-0.1, -0.05) is 0 Å². The van der Waals surface area contributed by atoms with Gasteiger partial charge in [-0.05, 0) is 6.92 Å². The molecule has 1 radical (unpaired) electrons. The summed E-state index contributed by atoms with van der Waals surface area (Å²) in [6.45, 7) is 3.57. The van der Waals surface area contributed by atoms with Gasteiger partial charge in [-0.3, -0.25) is 4.79 Å². The van der Waals surface area contributed by atoms with Crippen LogP contribution in [0.2, 0.25) is 0 Å². The molecule has 1 aliphatic heterocycles. The van der Waals surface area contributed by atoms with E-state index in [4.69, 9.17) is 4.74 Å². The average molecular weight is 128 g/mol. The summed E-state index contributed by atoms with van der Waals surface area (Å²) < 4.78 is 5.04. The third-order valence-electron chi connectivity index (χ3n) is 1.23. The highest BCUT2D eigenvalue weighted by Gasteiger charge is 2.18. The zero-order valence-corrected chi connectivity index (χ0v) is 5.44. The Labute approximate surface area is 54.4 Å². The van der Waals surface area contributed by atoms with E-state index in [1.807, 2.05) is 0 Å². The fourth-order valence-electron chi connectivity index (χ4n) is 0.725. The number of hydrogen-bond donors (Lipinski definition) is 1. The van der Waals surface area contributed by atoms with Crippen LogP contribution in [-0.4, -0.2) is 25.5 Å². The second-order valence-corrected chi connectivity index (χ2v) is 2.00. The highest BCUT2D eigenvalue weighted by atomic mass is 16.5. The molecule has 0 aromatic rings. The molecule has 1 rings (SSSR count). The fraction of sp³-hybridized carbons (Fsp3) is 0.667. The number of carbonyl (C=O) groups excluding carboxylic acids is 1. The number of carbonyl (C=O) groups is 1. The Kier molecular flexibility index (Phi) is 2.19. The third kappa shape index (κ3) is 1.77. The quantitative estimate of drug-likeness (QED) is 0.528. The van der Waals surface area contributed by atoms with Crippen LogP contribution in [-0.2, 0) is 9.53 Å². The van der Waals surface area contributed by atoms with Crippen molar-refractivity contribution in [2.75, 3.05) is 19.7 Å². The number of ether oxygens (including phenoxy) is 1. The fourth-order valence-corrected chi connectivity index (χ4v) is 0.725. The van der Waals surface area contributed by atoms with Crippen LogP contribution in [0, 0.1) is 6.10 Å². The topological polar surface area (TPSA) is 38.3 Å². The molecule has 1 heterocycles. The second kappa shape index (κ2) is 2.94. The van der Waals surface area contributed by atoms with Gasteiger partial charge in [0.05, 0.1) is 6.61 Å². The maximum Gasteiger partial charge on any atom is 0.175 e. The SMILES string of the molecule is CC(=O)[C]1CNCCO1. The third-order valence-corrected chi connectivity index (χ3v) is 1.23. The van der Waals surface area contributed by atoms with Gasteiger partial charge in [0.1, 0.15) is 0 Å². The highest BCUT2D eigenvalue weighted by Crippen LogP contribution is 2.04. The van der Waals surface area contributed by atoms with E-state index in [9.17, 15) is 4.79 Å². The number of hydrogen-bond acceptors (Lipinski definition) is 3. The summed E-state index contributed by atoms with van der Waals surface area (Å²) in [6, 6.07) is 0. The molecule has 1 fully saturated rings. The van der Waals surface area contributed by atoms with E-state index in [0.29, 0.717) is 19.3 Å². The Morgan fingerprint density at radius 1 is 1.78 bits per heavy atom. The maximum absolute atomic E-state index is 10.6. The lowest BCUT2D eigenvalue weighted by atomic mass is 10.2. The lowest BCUT2D eigenvalue weighted by Crippen LogP contribution is -2.36. The lowest BCUT2D eigenvalue weighted by Gasteiger charge is -2.19. The molecular weight excluding hydrogens is 118 g/mol. The summed E-state index contributed by atoms with van der Waals surface area (Å²) >= 11 is 0. The molecule has 0 spiro atoms. The van der Waals surface area contributed by atoms with E-state index in [2.05, 4.69) is 5.32 Å².